The van der Waals surface area contributed by atoms with E-state index in [2.05, 4.69) is 22.8 Å². The first kappa shape index (κ1) is 20.2. The molecule has 2 aliphatic rings. The van der Waals surface area contributed by atoms with Crippen molar-refractivity contribution in [2.24, 2.45) is 0 Å². The lowest BCUT2D eigenvalue weighted by molar-refractivity contribution is -0.120. The van der Waals surface area contributed by atoms with E-state index in [1.807, 2.05) is 42.5 Å². The van der Waals surface area contributed by atoms with E-state index in [1.54, 1.807) is 0 Å². The Bertz CT molecular complexity index is 929. The predicted octanol–water partition coefficient (Wildman–Crippen LogP) is 4.62. The number of anilines is 1. The Morgan fingerprint density at radius 3 is 2.40 bits per heavy atom. The van der Waals surface area contributed by atoms with Crippen molar-refractivity contribution in [3.63, 3.8) is 0 Å². The predicted molar refractivity (Wildman–Crippen MR) is 117 cm³/mol. The molecule has 1 saturated carbocycles. The first-order valence-corrected chi connectivity index (χ1v) is 10.8. The van der Waals surface area contributed by atoms with Gasteiger partial charge in [-0.25, -0.2) is 0 Å². The van der Waals surface area contributed by atoms with Gasteiger partial charge in [0.2, 0.25) is 0 Å². The van der Waals surface area contributed by atoms with Crippen molar-refractivity contribution < 1.29 is 14.7 Å². The molecule has 0 bridgehead atoms. The van der Waals surface area contributed by atoms with Gasteiger partial charge < -0.3 is 15.7 Å². The summed E-state index contributed by atoms with van der Waals surface area (Å²) in [6.07, 6.45) is 7.54. The van der Waals surface area contributed by atoms with E-state index in [9.17, 15) is 14.7 Å². The molecule has 2 aromatic rings. The number of hydrogen-bond acceptors (Lipinski definition) is 3. The molecule has 1 aliphatic heterocycles. The first-order valence-electron chi connectivity index (χ1n) is 10.8. The van der Waals surface area contributed by atoms with E-state index >= 15 is 0 Å². The van der Waals surface area contributed by atoms with Gasteiger partial charge in [0.05, 0.1) is 6.04 Å². The Labute approximate surface area is 177 Å². The van der Waals surface area contributed by atoms with Crippen molar-refractivity contribution in [1.82, 2.24) is 5.32 Å². The van der Waals surface area contributed by atoms with Crippen LogP contribution in [0.1, 0.15) is 55.6 Å². The Morgan fingerprint density at radius 1 is 1.00 bits per heavy atom. The fourth-order valence-electron chi connectivity index (χ4n) is 4.44. The summed E-state index contributed by atoms with van der Waals surface area (Å²) in [7, 11) is 0. The van der Waals surface area contributed by atoms with Gasteiger partial charge in [0.1, 0.15) is 11.3 Å². The summed E-state index contributed by atoms with van der Waals surface area (Å²) in [6, 6.07) is 17.2. The third-order valence-corrected chi connectivity index (χ3v) is 6.16. The SMILES string of the molecule is O=C(Nc1ccc(C2CCCCC2)cc1)C1=C(O)[C@H](CCc2ccccc2)NC1=O. The normalized spacial score (nSPS) is 19.6. The molecule has 1 heterocycles. The maximum atomic E-state index is 12.7. The van der Waals surface area contributed by atoms with Gasteiger partial charge in [0.25, 0.3) is 11.8 Å². The zero-order valence-electron chi connectivity index (χ0n) is 17.1. The van der Waals surface area contributed by atoms with E-state index in [-0.39, 0.29) is 11.3 Å². The summed E-state index contributed by atoms with van der Waals surface area (Å²) in [5.41, 5.74) is 2.86. The summed E-state index contributed by atoms with van der Waals surface area (Å²) in [4.78, 5) is 25.0. The summed E-state index contributed by atoms with van der Waals surface area (Å²) in [5.74, 6) is -0.673. The summed E-state index contributed by atoms with van der Waals surface area (Å²) in [6.45, 7) is 0. The molecule has 1 atom stereocenters. The van der Waals surface area contributed by atoms with Gasteiger partial charge in [-0.15, -0.1) is 0 Å². The molecule has 0 aromatic heterocycles. The molecular formula is C25H28N2O3. The smallest absolute Gasteiger partial charge is 0.264 e. The van der Waals surface area contributed by atoms with Crippen molar-refractivity contribution in [2.75, 3.05) is 5.32 Å². The van der Waals surface area contributed by atoms with Crippen LogP contribution in [0.3, 0.4) is 0 Å². The Morgan fingerprint density at radius 2 is 1.70 bits per heavy atom. The number of aryl methyl sites for hydroxylation is 1. The maximum Gasteiger partial charge on any atom is 0.264 e. The van der Waals surface area contributed by atoms with E-state index in [4.69, 9.17) is 0 Å². The van der Waals surface area contributed by atoms with Gasteiger partial charge in [0, 0.05) is 5.69 Å². The van der Waals surface area contributed by atoms with Crippen LogP contribution in [0, 0.1) is 0 Å². The van der Waals surface area contributed by atoms with Crippen molar-refractivity contribution in [2.45, 2.75) is 56.9 Å². The van der Waals surface area contributed by atoms with Crippen molar-refractivity contribution >= 4 is 17.5 Å². The molecule has 1 fully saturated rings. The minimum atomic E-state index is -0.572. The Balaban J connectivity index is 1.39. The highest BCUT2D eigenvalue weighted by atomic mass is 16.3. The number of rotatable bonds is 6. The molecule has 5 nitrogen and oxygen atoms in total. The first-order chi connectivity index (χ1) is 14.6. The van der Waals surface area contributed by atoms with Crippen LogP contribution in [-0.2, 0) is 16.0 Å². The molecule has 5 heteroatoms. The molecule has 30 heavy (non-hydrogen) atoms. The molecule has 2 amide bonds. The molecule has 3 N–H and O–H groups in total. The standard InChI is InChI=1S/C25H28N2O3/c28-23-21(16-11-17-7-3-1-4-8-17)27-25(30)22(23)24(29)26-20-14-12-19(13-15-20)18-9-5-2-6-10-18/h1,3-4,7-8,12-15,18,21,28H,2,5-6,9-11,16H2,(H,26,29)(H,27,30)/t21-/m0/s1. The van der Waals surface area contributed by atoms with Crippen LogP contribution < -0.4 is 10.6 Å². The van der Waals surface area contributed by atoms with Crippen molar-refractivity contribution in [3.8, 4) is 0 Å². The maximum absolute atomic E-state index is 12.7. The van der Waals surface area contributed by atoms with Crippen molar-refractivity contribution in [1.29, 1.82) is 0 Å². The molecule has 4 rings (SSSR count). The fourth-order valence-corrected chi connectivity index (χ4v) is 4.44. The summed E-state index contributed by atoms with van der Waals surface area (Å²) >= 11 is 0. The molecule has 0 radical (unpaired) electrons. The quantitative estimate of drug-likeness (QED) is 0.615. The number of carbonyl (C=O) groups excluding carboxylic acids is 2. The highest BCUT2D eigenvalue weighted by molar-refractivity contribution is 6.24. The van der Waals surface area contributed by atoms with Crippen LogP contribution in [0.2, 0.25) is 0 Å². The second-order valence-electron chi connectivity index (χ2n) is 8.22. The highest BCUT2D eigenvalue weighted by Gasteiger charge is 2.35. The Hall–Kier alpha value is -3.08. The fraction of sp³-hybridized carbons (Fsp3) is 0.360. The highest BCUT2D eigenvalue weighted by Crippen LogP contribution is 2.33. The molecule has 2 aromatic carbocycles. The number of amides is 2. The lowest BCUT2D eigenvalue weighted by Gasteiger charge is -2.22. The minimum Gasteiger partial charge on any atom is -0.509 e. The zero-order valence-corrected chi connectivity index (χ0v) is 17.1. The second kappa shape index (κ2) is 9.16. The van der Waals surface area contributed by atoms with Crippen LogP contribution in [-0.4, -0.2) is 23.0 Å². The Kier molecular flexibility index (Phi) is 6.17. The molecule has 0 saturated heterocycles. The van der Waals surface area contributed by atoms with Gasteiger partial charge in [0.15, 0.2) is 0 Å². The number of nitrogens with one attached hydrogen (secondary N) is 2. The molecule has 156 valence electrons. The summed E-state index contributed by atoms with van der Waals surface area (Å²) < 4.78 is 0. The monoisotopic (exact) mass is 404 g/mol. The number of hydrogen-bond donors (Lipinski definition) is 3. The van der Waals surface area contributed by atoms with Crippen LogP contribution in [0.4, 0.5) is 5.69 Å². The van der Waals surface area contributed by atoms with Gasteiger partial charge in [-0.2, -0.15) is 0 Å². The lowest BCUT2D eigenvalue weighted by Crippen LogP contribution is -2.30. The third kappa shape index (κ3) is 4.56. The van der Waals surface area contributed by atoms with Crippen LogP contribution in [0.15, 0.2) is 65.9 Å². The van der Waals surface area contributed by atoms with Crippen LogP contribution >= 0.6 is 0 Å². The van der Waals surface area contributed by atoms with Gasteiger partial charge >= 0.3 is 0 Å². The third-order valence-electron chi connectivity index (χ3n) is 6.16. The van der Waals surface area contributed by atoms with Crippen molar-refractivity contribution in [3.05, 3.63) is 77.1 Å². The number of aliphatic hydroxyl groups excluding tert-OH is 1. The van der Waals surface area contributed by atoms with Gasteiger partial charge in [-0.3, -0.25) is 9.59 Å². The topological polar surface area (TPSA) is 78.4 Å². The second-order valence-corrected chi connectivity index (χ2v) is 8.22. The average Bonchev–Trinajstić information content (AvgIpc) is 3.07. The van der Waals surface area contributed by atoms with Gasteiger partial charge in [-0.05, 0) is 54.9 Å². The molecule has 0 unspecified atom stereocenters. The van der Waals surface area contributed by atoms with E-state index in [1.165, 1.54) is 37.7 Å². The molecular weight excluding hydrogens is 376 g/mol. The van der Waals surface area contributed by atoms with E-state index in [0.717, 1.165) is 5.56 Å². The number of aliphatic hydroxyl groups is 1. The number of benzene rings is 2. The largest absolute Gasteiger partial charge is 0.509 e. The van der Waals surface area contributed by atoms with Crippen LogP contribution in [0.25, 0.3) is 0 Å². The zero-order chi connectivity index (χ0) is 20.9. The van der Waals surface area contributed by atoms with E-state index < -0.39 is 17.9 Å². The summed E-state index contributed by atoms with van der Waals surface area (Å²) in [5, 5.41) is 16.0. The minimum absolute atomic E-state index is 0.174. The number of carbonyl (C=O) groups is 2. The van der Waals surface area contributed by atoms with Gasteiger partial charge in [-0.1, -0.05) is 61.7 Å². The van der Waals surface area contributed by atoms with Crippen LogP contribution in [0.5, 0.6) is 0 Å². The van der Waals surface area contributed by atoms with E-state index in [0.29, 0.717) is 24.4 Å². The lowest BCUT2D eigenvalue weighted by atomic mass is 9.84. The average molecular weight is 405 g/mol. The molecule has 1 aliphatic carbocycles. The molecule has 0 spiro atoms.